The maximum Gasteiger partial charge on any atom is 0.250 e. The molecule has 0 spiro atoms. The third kappa shape index (κ3) is 2.52. The molecule has 0 saturated heterocycles. The number of pyridine rings is 1. The second-order valence-electron chi connectivity index (χ2n) is 3.62. The van der Waals surface area contributed by atoms with Crippen LogP contribution in [0.2, 0.25) is 0 Å². The molecule has 0 aliphatic carbocycles. The zero-order valence-corrected chi connectivity index (χ0v) is 9.55. The topological polar surface area (TPSA) is 91.9 Å². The molecule has 1 amide bonds. The van der Waals surface area contributed by atoms with Crippen molar-refractivity contribution in [2.45, 2.75) is 0 Å². The molecule has 0 fully saturated rings. The van der Waals surface area contributed by atoms with Gasteiger partial charge in [0.05, 0.1) is 11.3 Å². The zero-order chi connectivity index (χ0) is 13.0. The molecule has 0 atom stereocenters. The summed E-state index contributed by atoms with van der Waals surface area (Å²) < 4.78 is 0. The Morgan fingerprint density at radius 1 is 1.17 bits per heavy atom. The van der Waals surface area contributed by atoms with E-state index >= 15 is 0 Å². The van der Waals surface area contributed by atoms with Gasteiger partial charge in [0.25, 0.3) is 5.91 Å². The van der Waals surface area contributed by atoms with E-state index in [2.05, 4.69) is 10.3 Å². The first-order chi connectivity index (χ1) is 8.68. The van der Waals surface area contributed by atoms with E-state index in [9.17, 15) is 4.79 Å². The van der Waals surface area contributed by atoms with Crippen LogP contribution >= 0.6 is 0 Å². The summed E-state index contributed by atoms with van der Waals surface area (Å²) in [4.78, 5) is 15.3. The van der Waals surface area contributed by atoms with Crippen LogP contribution in [-0.2, 0) is 0 Å². The minimum absolute atomic E-state index is 0.115. The van der Waals surface area contributed by atoms with Gasteiger partial charge in [-0.05, 0) is 24.3 Å². The van der Waals surface area contributed by atoms with Crippen molar-refractivity contribution in [3.63, 3.8) is 0 Å². The number of hydrogen-bond donors (Lipinski definition) is 3. The minimum Gasteiger partial charge on any atom is -0.366 e. The quantitative estimate of drug-likeness (QED) is 0.562. The molecule has 0 saturated carbocycles. The van der Waals surface area contributed by atoms with Gasteiger partial charge in [-0.25, -0.2) is 0 Å². The number of carbonyl (C=O) groups is 1. The number of rotatable bonds is 3. The van der Waals surface area contributed by atoms with Gasteiger partial charge in [-0.2, -0.15) is 0 Å². The van der Waals surface area contributed by atoms with Crippen LogP contribution in [0.15, 0.2) is 48.7 Å². The van der Waals surface area contributed by atoms with Crippen LogP contribution in [0.25, 0.3) is 0 Å². The van der Waals surface area contributed by atoms with Crippen molar-refractivity contribution >= 4 is 17.4 Å². The average Bonchev–Trinajstić information content (AvgIpc) is 2.40. The standard InChI is InChI=1S/C13H12N4O/c14-12(11-7-3-4-8-16-11)17-10-6-2-1-5-9(10)13(15)18/h1-8H,(H2,14,17)(H2,15,18). The molecule has 90 valence electrons. The Labute approximate surface area is 104 Å². The molecule has 0 aliphatic heterocycles. The van der Waals surface area contributed by atoms with E-state index in [1.165, 1.54) is 0 Å². The van der Waals surface area contributed by atoms with Crippen LogP contribution in [-0.4, -0.2) is 16.7 Å². The maximum atomic E-state index is 11.2. The van der Waals surface area contributed by atoms with Crippen LogP contribution in [0.1, 0.15) is 16.1 Å². The molecule has 2 aromatic rings. The number of benzene rings is 1. The first-order valence-electron chi connectivity index (χ1n) is 5.34. The van der Waals surface area contributed by atoms with E-state index in [-0.39, 0.29) is 5.84 Å². The number of nitrogens with one attached hydrogen (secondary N) is 2. The molecule has 1 aromatic carbocycles. The Bertz CT molecular complexity index is 581. The SMILES string of the molecule is N=C(Nc1ccccc1C(N)=O)c1ccccn1. The maximum absolute atomic E-state index is 11.2. The molecule has 1 aromatic heterocycles. The number of nitrogens with two attached hydrogens (primary N) is 1. The molecular formula is C13H12N4O. The highest BCUT2D eigenvalue weighted by Gasteiger charge is 2.09. The van der Waals surface area contributed by atoms with Crippen molar-refractivity contribution < 1.29 is 4.79 Å². The number of anilines is 1. The fraction of sp³-hybridized carbons (Fsp3) is 0. The van der Waals surface area contributed by atoms with Gasteiger partial charge in [0.15, 0.2) is 0 Å². The van der Waals surface area contributed by atoms with E-state index in [4.69, 9.17) is 11.1 Å². The fourth-order valence-corrected chi connectivity index (χ4v) is 1.52. The predicted molar refractivity (Wildman–Crippen MR) is 69.6 cm³/mol. The van der Waals surface area contributed by atoms with Crippen LogP contribution in [0.4, 0.5) is 5.69 Å². The number of amidine groups is 1. The van der Waals surface area contributed by atoms with Crippen molar-refractivity contribution in [2.75, 3.05) is 5.32 Å². The minimum atomic E-state index is -0.535. The summed E-state index contributed by atoms with van der Waals surface area (Å²) in [7, 11) is 0. The lowest BCUT2D eigenvalue weighted by Crippen LogP contribution is -2.18. The van der Waals surface area contributed by atoms with Gasteiger partial charge in [0, 0.05) is 6.20 Å². The Morgan fingerprint density at radius 2 is 1.89 bits per heavy atom. The highest BCUT2D eigenvalue weighted by Crippen LogP contribution is 2.14. The number of carbonyl (C=O) groups excluding carboxylic acids is 1. The summed E-state index contributed by atoms with van der Waals surface area (Å²) in [5, 5.41) is 10.7. The average molecular weight is 240 g/mol. The van der Waals surface area contributed by atoms with Crippen molar-refractivity contribution in [3.8, 4) is 0 Å². The van der Waals surface area contributed by atoms with Crippen LogP contribution in [0, 0.1) is 5.41 Å². The molecule has 5 nitrogen and oxygen atoms in total. The molecule has 0 aliphatic rings. The first-order valence-corrected chi connectivity index (χ1v) is 5.34. The molecule has 18 heavy (non-hydrogen) atoms. The second-order valence-corrected chi connectivity index (χ2v) is 3.62. The van der Waals surface area contributed by atoms with Gasteiger partial charge in [-0.15, -0.1) is 0 Å². The summed E-state index contributed by atoms with van der Waals surface area (Å²) >= 11 is 0. The molecule has 0 bridgehead atoms. The Kier molecular flexibility index (Phi) is 3.33. The normalized spacial score (nSPS) is 9.78. The summed E-state index contributed by atoms with van der Waals surface area (Å²) in [6.07, 6.45) is 1.60. The Hall–Kier alpha value is -2.69. The summed E-state index contributed by atoms with van der Waals surface area (Å²) in [5.41, 5.74) is 6.61. The van der Waals surface area contributed by atoms with E-state index in [0.29, 0.717) is 16.9 Å². The number of primary amides is 1. The molecule has 0 radical (unpaired) electrons. The third-order valence-corrected chi connectivity index (χ3v) is 2.37. The predicted octanol–water partition coefficient (Wildman–Crippen LogP) is 1.62. The number of hydrogen-bond acceptors (Lipinski definition) is 3. The van der Waals surface area contributed by atoms with Crippen molar-refractivity contribution in [2.24, 2.45) is 5.73 Å². The zero-order valence-electron chi connectivity index (χ0n) is 9.55. The lowest BCUT2D eigenvalue weighted by Gasteiger charge is -2.10. The van der Waals surface area contributed by atoms with Gasteiger partial charge in [0.2, 0.25) is 0 Å². The molecule has 1 heterocycles. The van der Waals surface area contributed by atoms with E-state index in [1.54, 1.807) is 48.7 Å². The molecule has 0 unspecified atom stereocenters. The fourth-order valence-electron chi connectivity index (χ4n) is 1.52. The number of nitrogens with zero attached hydrogens (tertiary/aromatic N) is 1. The van der Waals surface area contributed by atoms with Crippen LogP contribution < -0.4 is 11.1 Å². The smallest absolute Gasteiger partial charge is 0.250 e. The Morgan fingerprint density at radius 3 is 2.56 bits per heavy atom. The highest BCUT2D eigenvalue weighted by atomic mass is 16.1. The lowest BCUT2D eigenvalue weighted by molar-refractivity contribution is 0.100. The van der Waals surface area contributed by atoms with E-state index < -0.39 is 5.91 Å². The molecule has 4 N–H and O–H groups in total. The summed E-state index contributed by atoms with van der Waals surface area (Å²) in [5.74, 6) is -0.420. The van der Waals surface area contributed by atoms with Gasteiger partial charge in [0.1, 0.15) is 11.5 Å². The molecule has 2 rings (SSSR count). The monoisotopic (exact) mass is 240 g/mol. The van der Waals surface area contributed by atoms with Crippen molar-refractivity contribution in [3.05, 3.63) is 59.9 Å². The molecule has 5 heteroatoms. The molecular weight excluding hydrogens is 228 g/mol. The first kappa shape index (κ1) is 11.8. The number of amides is 1. The third-order valence-electron chi connectivity index (χ3n) is 2.37. The second kappa shape index (κ2) is 5.09. The van der Waals surface area contributed by atoms with Gasteiger partial charge >= 0.3 is 0 Å². The lowest BCUT2D eigenvalue weighted by atomic mass is 10.1. The van der Waals surface area contributed by atoms with Gasteiger partial charge in [-0.3, -0.25) is 15.2 Å². The van der Waals surface area contributed by atoms with Gasteiger partial charge < -0.3 is 11.1 Å². The van der Waals surface area contributed by atoms with E-state index in [1.807, 2.05) is 0 Å². The van der Waals surface area contributed by atoms with Crippen molar-refractivity contribution in [1.82, 2.24) is 4.98 Å². The van der Waals surface area contributed by atoms with Crippen LogP contribution in [0.5, 0.6) is 0 Å². The van der Waals surface area contributed by atoms with Crippen molar-refractivity contribution in [1.29, 1.82) is 5.41 Å². The number of aromatic nitrogens is 1. The van der Waals surface area contributed by atoms with E-state index in [0.717, 1.165) is 0 Å². The van der Waals surface area contributed by atoms with Crippen LogP contribution in [0.3, 0.4) is 0 Å². The summed E-state index contributed by atoms with van der Waals surface area (Å²) in [6.45, 7) is 0. The number of para-hydroxylation sites is 1. The highest BCUT2D eigenvalue weighted by molar-refractivity contribution is 6.08. The largest absolute Gasteiger partial charge is 0.366 e. The summed E-state index contributed by atoms with van der Waals surface area (Å²) in [6, 6.07) is 12.1. The Balaban J connectivity index is 2.25. The van der Waals surface area contributed by atoms with Gasteiger partial charge in [-0.1, -0.05) is 18.2 Å².